The van der Waals surface area contributed by atoms with Crippen LogP contribution >= 0.6 is 0 Å². The Balaban J connectivity index is 2.10. The first-order valence-corrected chi connectivity index (χ1v) is 7.84. The van der Waals surface area contributed by atoms with Gasteiger partial charge in [-0.25, -0.2) is 13.0 Å². The van der Waals surface area contributed by atoms with Gasteiger partial charge in [0.15, 0.2) is 20.9 Å². The maximum absolute atomic E-state index is 12.5. The molecule has 22 heavy (non-hydrogen) atoms. The lowest BCUT2D eigenvalue weighted by Gasteiger charge is -2.09. The van der Waals surface area contributed by atoms with Gasteiger partial charge in [-0.1, -0.05) is 30.3 Å². The Morgan fingerprint density at radius 1 is 1.00 bits per heavy atom. The Kier molecular flexibility index (Phi) is 3.53. The van der Waals surface area contributed by atoms with Crippen molar-refractivity contribution >= 4 is 26.6 Å². The summed E-state index contributed by atoms with van der Waals surface area (Å²) in [7, 11) is -3.70. The normalized spacial score (nSPS) is 11.7. The number of aromatic nitrogens is 2. The van der Waals surface area contributed by atoms with Crippen molar-refractivity contribution in [1.29, 1.82) is 0 Å². The first kappa shape index (κ1) is 14.4. The van der Waals surface area contributed by atoms with E-state index in [0.29, 0.717) is 5.56 Å². The molecule has 0 bridgehead atoms. The summed E-state index contributed by atoms with van der Waals surface area (Å²) in [5.74, 6) is -0.211. The molecule has 0 aliphatic rings. The summed E-state index contributed by atoms with van der Waals surface area (Å²) in [5, 5.41) is 25.1. The van der Waals surface area contributed by atoms with Gasteiger partial charge < -0.3 is 0 Å². The molecule has 0 aliphatic heterocycles. The third-order valence-electron chi connectivity index (χ3n) is 3.11. The molecule has 0 saturated heterocycles. The zero-order valence-electron chi connectivity index (χ0n) is 11.1. The standard InChI is InChI=1S/C13H11N3O5S/c17-16(18)10-6-7-11(13-12(10)14-21-15-13)22(19,20)8-9-4-2-1-3-5-9/h1-7,17-18H,8H2. The number of anilines is 1. The number of nitrogens with zero attached hydrogens (tertiary/aromatic N) is 3. The third kappa shape index (κ3) is 2.52. The summed E-state index contributed by atoms with van der Waals surface area (Å²) in [4.78, 5) is -0.0850. The van der Waals surface area contributed by atoms with Crippen molar-refractivity contribution in [3.63, 3.8) is 0 Å². The van der Waals surface area contributed by atoms with Crippen LogP contribution in [0.15, 0.2) is 52.0 Å². The predicted molar refractivity (Wildman–Crippen MR) is 75.2 cm³/mol. The van der Waals surface area contributed by atoms with Crippen LogP contribution < -0.4 is 5.23 Å². The van der Waals surface area contributed by atoms with Gasteiger partial charge in [-0.05, 0) is 28.0 Å². The lowest BCUT2D eigenvalue weighted by Crippen LogP contribution is -2.12. The van der Waals surface area contributed by atoms with E-state index in [2.05, 4.69) is 14.9 Å². The summed E-state index contributed by atoms with van der Waals surface area (Å²) >= 11 is 0. The molecule has 0 saturated carbocycles. The average molecular weight is 321 g/mol. The van der Waals surface area contributed by atoms with Gasteiger partial charge in [0.2, 0.25) is 0 Å². The Hall–Kier alpha value is -2.49. The monoisotopic (exact) mass is 321 g/mol. The number of rotatable bonds is 4. The fourth-order valence-corrected chi connectivity index (χ4v) is 3.61. The molecule has 2 N–H and O–H groups in total. The molecule has 1 heterocycles. The van der Waals surface area contributed by atoms with Crippen molar-refractivity contribution in [3.8, 4) is 0 Å². The first-order valence-electron chi connectivity index (χ1n) is 6.19. The van der Waals surface area contributed by atoms with E-state index in [1.54, 1.807) is 30.3 Å². The van der Waals surface area contributed by atoms with Crippen LogP contribution in [0.1, 0.15) is 5.56 Å². The number of benzene rings is 2. The largest absolute Gasteiger partial charge is 0.264 e. The summed E-state index contributed by atoms with van der Waals surface area (Å²) in [6, 6.07) is 11.1. The Morgan fingerprint density at radius 2 is 1.68 bits per heavy atom. The Bertz CT molecular complexity index is 906. The summed E-state index contributed by atoms with van der Waals surface area (Å²) < 4.78 is 29.6. The van der Waals surface area contributed by atoms with Crippen LogP contribution in [0.5, 0.6) is 0 Å². The lowest BCUT2D eigenvalue weighted by molar-refractivity contribution is 0.0298. The Labute approximate surface area is 125 Å². The van der Waals surface area contributed by atoms with Crippen molar-refractivity contribution in [2.75, 3.05) is 5.23 Å². The van der Waals surface area contributed by atoms with Crippen molar-refractivity contribution in [2.24, 2.45) is 0 Å². The van der Waals surface area contributed by atoms with E-state index >= 15 is 0 Å². The predicted octanol–water partition coefficient (Wildman–Crippen LogP) is 1.78. The first-order chi connectivity index (χ1) is 10.5. The number of hydrogen-bond donors (Lipinski definition) is 2. The molecule has 2 aromatic carbocycles. The highest BCUT2D eigenvalue weighted by atomic mass is 32.2. The van der Waals surface area contributed by atoms with Crippen LogP contribution in [0, 0.1) is 0 Å². The minimum atomic E-state index is -3.70. The molecule has 0 fully saturated rings. The maximum Gasteiger partial charge on any atom is 0.184 e. The molecule has 1 aromatic heterocycles. The summed E-state index contributed by atoms with van der Waals surface area (Å²) in [6.45, 7) is 0. The molecule has 0 radical (unpaired) electrons. The van der Waals surface area contributed by atoms with E-state index in [1.807, 2.05) is 0 Å². The average Bonchev–Trinajstić information content (AvgIpc) is 2.95. The molecule has 114 valence electrons. The smallest absolute Gasteiger partial charge is 0.184 e. The van der Waals surface area contributed by atoms with Crippen molar-refractivity contribution in [1.82, 2.24) is 10.3 Å². The molecule has 3 aromatic rings. The fourth-order valence-electron chi connectivity index (χ4n) is 2.11. The van der Waals surface area contributed by atoms with E-state index in [4.69, 9.17) is 10.4 Å². The summed E-state index contributed by atoms with van der Waals surface area (Å²) in [5.41, 5.74) is 0.387. The zero-order valence-corrected chi connectivity index (χ0v) is 11.9. The van der Waals surface area contributed by atoms with Crippen LogP contribution in [0.4, 0.5) is 5.69 Å². The van der Waals surface area contributed by atoms with Gasteiger partial charge >= 0.3 is 0 Å². The number of fused-ring (bicyclic) bond motifs is 1. The highest BCUT2D eigenvalue weighted by Crippen LogP contribution is 2.29. The van der Waals surface area contributed by atoms with Crippen LogP contribution in [-0.4, -0.2) is 29.1 Å². The molecule has 9 heteroatoms. The third-order valence-corrected chi connectivity index (χ3v) is 4.82. The van der Waals surface area contributed by atoms with Crippen molar-refractivity contribution in [2.45, 2.75) is 10.6 Å². The van der Waals surface area contributed by atoms with Gasteiger partial charge in [0, 0.05) is 0 Å². The van der Waals surface area contributed by atoms with Crippen molar-refractivity contribution < 1.29 is 23.5 Å². The molecular formula is C13H11N3O5S. The minimum absolute atomic E-state index is 0.0541. The SMILES string of the molecule is O=S(=O)(Cc1ccccc1)c1ccc(N(O)O)c2nonc12. The topological polar surface area (TPSA) is 117 Å². The van der Waals surface area contributed by atoms with E-state index < -0.39 is 9.84 Å². The molecule has 0 spiro atoms. The van der Waals surface area contributed by atoms with Gasteiger partial charge in [0.05, 0.1) is 10.6 Å². The Morgan fingerprint density at radius 3 is 2.36 bits per heavy atom. The van der Waals surface area contributed by atoms with E-state index in [0.717, 1.165) is 0 Å². The van der Waals surface area contributed by atoms with Crippen LogP contribution in [0.2, 0.25) is 0 Å². The van der Waals surface area contributed by atoms with Crippen LogP contribution in [-0.2, 0) is 15.6 Å². The second-order valence-electron chi connectivity index (χ2n) is 4.58. The highest BCUT2D eigenvalue weighted by molar-refractivity contribution is 7.90. The molecule has 3 rings (SSSR count). The second-order valence-corrected chi connectivity index (χ2v) is 6.54. The van der Waals surface area contributed by atoms with Gasteiger partial charge in [0.25, 0.3) is 0 Å². The number of sulfone groups is 1. The molecule has 0 unspecified atom stereocenters. The molecular weight excluding hydrogens is 310 g/mol. The van der Waals surface area contributed by atoms with Gasteiger partial charge in [-0.15, -0.1) is 5.23 Å². The quantitative estimate of drug-likeness (QED) is 0.698. The van der Waals surface area contributed by atoms with Crippen LogP contribution in [0.3, 0.4) is 0 Å². The second kappa shape index (κ2) is 5.37. The molecule has 0 amide bonds. The number of hydrogen-bond acceptors (Lipinski definition) is 8. The zero-order chi connectivity index (χ0) is 15.7. The van der Waals surface area contributed by atoms with E-state index in [-0.39, 0.29) is 32.6 Å². The highest BCUT2D eigenvalue weighted by Gasteiger charge is 2.24. The maximum atomic E-state index is 12.5. The lowest BCUT2D eigenvalue weighted by atomic mass is 10.2. The van der Waals surface area contributed by atoms with Gasteiger partial charge in [-0.2, -0.15) is 0 Å². The van der Waals surface area contributed by atoms with Gasteiger partial charge in [-0.3, -0.25) is 10.4 Å². The molecule has 8 nitrogen and oxygen atoms in total. The van der Waals surface area contributed by atoms with Crippen molar-refractivity contribution in [3.05, 3.63) is 48.0 Å². The van der Waals surface area contributed by atoms with E-state index in [9.17, 15) is 8.42 Å². The summed E-state index contributed by atoms with van der Waals surface area (Å²) in [6.07, 6.45) is 0. The fraction of sp³-hybridized carbons (Fsp3) is 0.0769. The molecule has 0 aliphatic carbocycles. The van der Waals surface area contributed by atoms with Gasteiger partial charge in [0.1, 0.15) is 5.69 Å². The van der Waals surface area contributed by atoms with Crippen LogP contribution in [0.25, 0.3) is 11.0 Å². The molecule has 0 atom stereocenters. The minimum Gasteiger partial charge on any atom is -0.264 e. The van der Waals surface area contributed by atoms with E-state index in [1.165, 1.54) is 12.1 Å².